The SMILES string of the molecule is [2H]C([2H])([2H])N1C(=NC(=O)OC(C)(C)C)NC(=O)CCCCCCCCCC(C)OC(=O)C1N=C(N)N. The fourth-order valence-electron chi connectivity index (χ4n) is 3.09. The van der Waals surface area contributed by atoms with Crippen LogP contribution < -0.4 is 16.8 Å². The van der Waals surface area contributed by atoms with Crippen LogP contribution in [0.4, 0.5) is 4.79 Å². The number of ether oxygens (including phenoxy) is 2. The second-order valence-electron chi connectivity index (χ2n) is 9.02. The highest BCUT2D eigenvalue weighted by Crippen LogP contribution is 2.14. The van der Waals surface area contributed by atoms with Gasteiger partial charge >= 0.3 is 12.1 Å². The number of hydrogen-bond donors (Lipinski definition) is 3. The second kappa shape index (κ2) is 13.6. The second-order valence-corrected chi connectivity index (χ2v) is 9.02. The minimum absolute atomic E-state index is 0.0522. The Bertz CT molecular complexity index is 822. The van der Waals surface area contributed by atoms with E-state index in [0.29, 0.717) is 17.7 Å². The number of nitrogens with zero attached hydrogens (tertiary/aromatic N) is 3. The zero-order chi connectivity index (χ0) is 27.5. The fraction of sp³-hybridized carbons (Fsp3) is 0.773. The predicted octanol–water partition coefficient (Wildman–Crippen LogP) is 2.38. The van der Waals surface area contributed by atoms with Crippen LogP contribution in [0.5, 0.6) is 0 Å². The Balaban J connectivity index is 3.56. The number of rotatable bonds is 1. The molecule has 0 spiro atoms. The summed E-state index contributed by atoms with van der Waals surface area (Å²) in [6.45, 7) is 3.33. The highest BCUT2D eigenvalue weighted by Gasteiger charge is 2.30. The van der Waals surface area contributed by atoms with E-state index in [4.69, 9.17) is 25.1 Å². The van der Waals surface area contributed by atoms with Crippen molar-refractivity contribution in [2.45, 2.75) is 103 Å². The van der Waals surface area contributed by atoms with Crippen LogP contribution in [0.15, 0.2) is 9.98 Å². The summed E-state index contributed by atoms with van der Waals surface area (Å²) in [4.78, 5) is 46.1. The quantitative estimate of drug-likeness (QED) is 0.298. The van der Waals surface area contributed by atoms with Crippen LogP contribution in [0.3, 0.4) is 0 Å². The summed E-state index contributed by atoms with van der Waals surface area (Å²) >= 11 is 0. The third kappa shape index (κ3) is 12.1. The predicted molar refractivity (Wildman–Crippen MR) is 126 cm³/mol. The Hall–Kier alpha value is -2.85. The Morgan fingerprint density at radius 2 is 1.76 bits per heavy atom. The molecule has 1 rings (SSSR count). The molecule has 11 nitrogen and oxygen atoms in total. The van der Waals surface area contributed by atoms with E-state index >= 15 is 0 Å². The van der Waals surface area contributed by atoms with Gasteiger partial charge in [-0.1, -0.05) is 32.1 Å². The van der Waals surface area contributed by atoms with E-state index in [9.17, 15) is 14.4 Å². The fourth-order valence-corrected chi connectivity index (χ4v) is 3.09. The number of esters is 1. The first-order valence-electron chi connectivity index (χ1n) is 12.8. The van der Waals surface area contributed by atoms with E-state index in [-0.39, 0.29) is 6.42 Å². The van der Waals surface area contributed by atoms with Gasteiger partial charge in [-0.25, -0.2) is 14.6 Å². The monoisotopic (exact) mass is 471 g/mol. The summed E-state index contributed by atoms with van der Waals surface area (Å²) in [6.07, 6.45) is 3.03. The van der Waals surface area contributed by atoms with Crippen molar-refractivity contribution in [1.29, 1.82) is 0 Å². The number of guanidine groups is 2. The smallest absolute Gasteiger partial charge is 0.437 e. The number of cyclic esters (lactones) is 1. The average molecular weight is 472 g/mol. The largest absolute Gasteiger partial charge is 0.460 e. The molecule has 1 saturated heterocycles. The zero-order valence-electron chi connectivity index (χ0n) is 23.1. The van der Waals surface area contributed by atoms with Gasteiger partial charge in [0.2, 0.25) is 18.0 Å². The molecule has 1 aliphatic heterocycles. The van der Waals surface area contributed by atoms with Crippen LogP contribution in [0.25, 0.3) is 0 Å². The Labute approximate surface area is 200 Å². The summed E-state index contributed by atoms with van der Waals surface area (Å²) in [7, 11) is 0. The lowest BCUT2D eigenvalue weighted by Crippen LogP contribution is -2.51. The number of hydrogen-bond acceptors (Lipinski definition) is 6. The number of nitrogens with one attached hydrogen (secondary N) is 1. The van der Waals surface area contributed by atoms with Gasteiger partial charge in [0.1, 0.15) is 5.60 Å². The van der Waals surface area contributed by atoms with Gasteiger partial charge in [0.05, 0.1) is 6.10 Å². The van der Waals surface area contributed by atoms with Gasteiger partial charge in [-0.05, 0) is 47.0 Å². The molecule has 2 amide bonds. The lowest BCUT2D eigenvalue weighted by molar-refractivity contribution is -0.153. The molecule has 1 aliphatic rings. The van der Waals surface area contributed by atoms with Crippen molar-refractivity contribution in [3.05, 3.63) is 0 Å². The molecular weight excluding hydrogens is 428 g/mol. The first-order chi connectivity index (χ1) is 16.6. The molecule has 0 aromatic heterocycles. The number of amides is 2. The molecule has 11 heteroatoms. The number of nitrogens with two attached hydrogens (primary N) is 2. The molecule has 5 N–H and O–H groups in total. The minimum Gasteiger partial charge on any atom is -0.460 e. The maximum atomic E-state index is 13.1. The summed E-state index contributed by atoms with van der Waals surface area (Å²) in [5.41, 5.74) is 10.0. The zero-order valence-corrected chi connectivity index (χ0v) is 20.1. The maximum absolute atomic E-state index is 13.1. The molecule has 188 valence electrons. The molecule has 0 aromatic carbocycles. The van der Waals surface area contributed by atoms with Crippen molar-refractivity contribution >= 4 is 29.9 Å². The van der Waals surface area contributed by atoms with Gasteiger partial charge in [0.15, 0.2) is 5.96 Å². The molecular formula is C22H40N6O5. The van der Waals surface area contributed by atoms with Gasteiger partial charge in [0.25, 0.3) is 0 Å². The van der Waals surface area contributed by atoms with Crippen LogP contribution in [0.2, 0.25) is 0 Å². The van der Waals surface area contributed by atoms with Crippen LogP contribution in [-0.4, -0.2) is 59.6 Å². The first-order valence-corrected chi connectivity index (χ1v) is 11.3. The van der Waals surface area contributed by atoms with E-state index in [0.717, 1.165) is 38.5 Å². The Morgan fingerprint density at radius 1 is 1.15 bits per heavy atom. The van der Waals surface area contributed by atoms with E-state index < -0.39 is 54.7 Å². The third-order valence-corrected chi connectivity index (χ3v) is 4.63. The normalized spacial score (nSPS) is 25.5. The molecule has 0 radical (unpaired) electrons. The van der Waals surface area contributed by atoms with Gasteiger partial charge < -0.3 is 25.8 Å². The summed E-state index contributed by atoms with van der Waals surface area (Å²) in [6, 6.07) is 0. The molecule has 1 fully saturated rings. The molecule has 2 unspecified atom stereocenters. The molecule has 1 heterocycles. The minimum atomic E-state index is -3.12. The van der Waals surface area contributed by atoms with Gasteiger partial charge in [0, 0.05) is 17.5 Å². The molecule has 0 saturated carbocycles. The number of aliphatic imine (C=N–C) groups is 2. The number of carbonyl (C=O) groups is 3. The van der Waals surface area contributed by atoms with Crippen molar-refractivity contribution in [3.63, 3.8) is 0 Å². The average Bonchev–Trinajstić information content (AvgIpc) is 2.68. The topological polar surface area (TPSA) is 162 Å². The first kappa shape index (κ1) is 23.3. The molecule has 0 aromatic rings. The van der Waals surface area contributed by atoms with E-state index in [1.165, 1.54) is 0 Å². The standard InChI is InChI=1S/C22H40N6O5/c1-15-13-11-9-7-6-8-10-12-14-16(29)25-20(27-21(31)33-22(2,3)4)28(5)17(18(30)32-15)26-19(23)24/h15,17H,6-14H2,1-5H3,(H4,23,24,26)(H,25,27,29,31)/i5D3. The van der Waals surface area contributed by atoms with Gasteiger partial charge in [-0.2, -0.15) is 0 Å². The number of likely N-dealkylation sites (N-methyl/N-ethyl adjacent to an activating group) is 1. The summed E-state index contributed by atoms with van der Waals surface area (Å²) in [5, 5.41) is 2.34. The van der Waals surface area contributed by atoms with Crippen molar-refractivity contribution < 1.29 is 28.0 Å². The number of carbonyl (C=O) groups excluding carboxylic acids is 3. The van der Waals surface area contributed by atoms with E-state index in [1.807, 2.05) is 0 Å². The van der Waals surface area contributed by atoms with Gasteiger partial charge in [-0.3, -0.25) is 10.1 Å². The highest BCUT2D eigenvalue weighted by atomic mass is 16.6. The maximum Gasteiger partial charge on any atom is 0.437 e. The highest BCUT2D eigenvalue weighted by molar-refractivity contribution is 6.02. The van der Waals surface area contributed by atoms with Crippen molar-refractivity contribution in [3.8, 4) is 0 Å². The Kier molecular flexibility index (Phi) is 9.64. The lowest BCUT2D eigenvalue weighted by atomic mass is 10.1. The van der Waals surface area contributed by atoms with Crippen molar-refractivity contribution in [2.75, 3.05) is 6.98 Å². The van der Waals surface area contributed by atoms with Crippen LogP contribution in [-0.2, 0) is 19.1 Å². The Morgan fingerprint density at radius 3 is 2.33 bits per heavy atom. The summed E-state index contributed by atoms with van der Waals surface area (Å²) < 4.78 is 34.7. The van der Waals surface area contributed by atoms with Crippen LogP contribution in [0.1, 0.15) is 89.6 Å². The lowest BCUT2D eigenvalue weighted by Gasteiger charge is -2.28. The van der Waals surface area contributed by atoms with Crippen LogP contribution in [0, 0.1) is 0 Å². The van der Waals surface area contributed by atoms with E-state index in [2.05, 4.69) is 15.3 Å². The third-order valence-electron chi connectivity index (χ3n) is 4.63. The molecule has 2 atom stereocenters. The molecule has 0 aliphatic carbocycles. The van der Waals surface area contributed by atoms with Crippen LogP contribution >= 0.6 is 0 Å². The van der Waals surface area contributed by atoms with Gasteiger partial charge in [-0.15, -0.1) is 4.99 Å². The van der Waals surface area contributed by atoms with Crippen molar-refractivity contribution in [1.82, 2.24) is 10.2 Å². The molecule has 0 bridgehead atoms. The van der Waals surface area contributed by atoms with Crippen molar-refractivity contribution in [2.24, 2.45) is 21.5 Å². The summed E-state index contributed by atoms with van der Waals surface area (Å²) in [5.74, 6) is -3.03. The molecule has 33 heavy (non-hydrogen) atoms. The van der Waals surface area contributed by atoms with E-state index in [1.54, 1.807) is 27.7 Å².